The first-order valence-corrected chi connectivity index (χ1v) is 9.37. The van der Waals surface area contributed by atoms with Crippen LogP contribution in [-0.4, -0.2) is 59.4 Å². The highest BCUT2D eigenvalue weighted by atomic mass is 16.6. The molecule has 9 nitrogen and oxygen atoms in total. The second kappa shape index (κ2) is 9.20. The third-order valence-electron chi connectivity index (χ3n) is 5.85. The van der Waals surface area contributed by atoms with Gasteiger partial charge in [-0.25, -0.2) is 9.59 Å². The predicted molar refractivity (Wildman–Crippen MR) is 107 cm³/mol. The van der Waals surface area contributed by atoms with Gasteiger partial charge in [-0.3, -0.25) is 9.59 Å². The van der Waals surface area contributed by atoms with Crippen LogP contribution in [0.5, 0.6) is 0 Å². The van der Waals surface area contributed by atoms with Crippen molar-refractivity contribution < 1.29 is 42.9 Å². The highest BCUT2D eigenvalue weighted by molar-refractivity contribution is 6.15. The summed E-state index contributed by atoms with van der Waals surface area (Å²) in [4.78, 5) is 49.7. The largest absolute Gasteiger partial charge is 0.500 e. The Bertz CT molecular complexity index is 859. The highest BCUT2D eigenvalue weighted by Crippen LogP contribution is 2.60. The van der Waals surface area contributed by atoms with Crippen LogP contribution in [0.1, 0.15) is 12.8 Å². The van der Waals surface area contributed by atoms with Crippen molar-refractivity contribution in [2.45, 2.75) is 12.8 Å². The molecule has 0 N–H and O–H groups in total. The van der Waals surface area contributed by atoms with Gasteiger partial charge in [0.25, 0.3) is 0 Å². The number of esters is 4. The van der Waals surface area contributed by atoms with Gasteiger partial charge in [0, 0.05) is 0 Å². The fourth-order valence-corrected chi connectivity index (χ4v) is 4.36. The van der Waals surface area contributed by atoms with Crippen molar-refractivity contribution in [2.75, 3.05) is 35.5 Å². The van der Waals surface area contributed by atoms with Gasteiger partial charge in [0.2, 0.25) is 0 Å². The van der Waals surface area contributed by atoms with Gasteiger partial charge < -0.3 is 23.7 Å². The molecule has 1 fully saturated rings. The van der Waals surface area contributed by atoms with Crippen LogP contribution in [0.3, 0.4) is 0 Å². The Labute approximate surface area is 180 Å². The SMILES string of the molecule is C=C[C@H]1CC(C(=O)OC)(C(=O)OC)CC12C=CC(=C(C(=O)OC)C(=O)OC)C=C2OC. The molecule has 1 spiro atoms. The summed E-state index contributed by atoms with van der Waals surface area (Å²) < 4.78 is 24.8. The summed E-state index contributed by atoms with van der Waals surface area (Å²) in [7, 11) is 6.10. The van der Waals surface area contributed by atoms with Crippen molar-refractivity contribution in [3.05, 3.63) is 47.8 Å². The van der Waals surface area contributed by atoms with E-state index in [1.54, 1.807) is 12.2 Å². The number of hydrogen-bond acceptors (Lipinski definition) is 9. The molecule has 2 aliphatic carbocycles. The molecule has 0 bridgehead atoms. The second-order valence-corrected chi connectivity index (χ2v) is 7.19. The van der Waals surface area contributed by atoms with E-state index in [9.17, 15) is 19.2 Å². The predicted octanol–water partition coefficient (Wildman–Crippen LogP) is 1.64. The van der Waals surface area contributed by atoms with Crippen LogP contribution >= 0.6 is 0 Å². The Kier molecular flexibility index (Phi) is 7.09. The molecule has 0 amide bonds. The van der Waals surface area contributed by atoms with Gasteiger partial charge in [-0.1, -0.05) is 18.2 Å². The molecule has 0 heterocycles. The van der Waals surface area contributed by atoms with E-state index in [1.807, 2.05) is 0 Å². The van der Waals surface area contributed by atoms with Crippen LogP contribution < -0.4 is 0 Å². The maximum atomic E-state index is 12.7. The van der Waals surface area contributed by atoms with E-state index in [0.29, 0.717) is 5.76 Å². The number of hydrogen-bond donors (Lipinski definition) is 0. The minimum Gasteiger partial charge on any atom is -0.500 e. The van der Waals surface area contributed by atoms with E-state index < -0.39 is 40.6 Å². The van der Waals surface area contributed by atoms with Crippen LogP contribution in [0.15, 0.2) is 47.8 Å². The Hall–Kier alpha value is -3.36. The van der Waals surface area contributed by atoms with E-state index in [2.05, 4.69) is 6.58 Å². The molecular formula is C22H26O9. The van der Waals surface area contributed by atoms with Crippen LogP contribution in [0, 0.1) is 16.7 Å². The summed E-state index contributed by atoms with van der Waals surface area (Å²) in [5, 5.41) is 0. The third-order valence-corrected chi connectivity index (χ3v) is 5.85. The lowest BCUT2D eigenvalue weighted by atomic mass is 9.71. The second-order valence-electron chi connectivity index (χ2n) is 7.19. The first kappa shape index (κ1) is 23.9. The van der Waals surface area contributed by atoms with Crippen molar-refractivity contribution >= 4 is 23.9 Å². The standard InChI is InChI=1S/C22H26O9/c1-7-14-11-22(19(25)30-5,20(26)31-6)12-21(14)9-8-13(10-15(21)27-2)16(17(23)28-3)18(24)29-4/h7-10,14H,1,11-12H2,2-6H3/t14-,21?/m0/s1. The van der Waals surface area contributed by atoms with Crippen LogP contribution in [0.25, 0.3) is 0 Å². The number of allylic oxidation sites excluding steroid dienone is 5. The number of carbonyl (C=O) groups excluding carboxylic acids is 4. The molecule has 9 heteroatoms. The quantitative estimate of drug-likeness (QED) is 0.154. The smallest absolute Gasteiger partial charge is 0.345 e. The number of methoxy groups -OCH3 is 5. The van der Waals surface area contributed by atoms with Gasteiger partial charge in [-0.05, 0) is 30.4 Å². The molecule has 168 valence electrons. The zero-order valence-electron chi connectivity index (χ0n) is 18.2. The zero-order valence-corrected chi connectivity index (χ0v) is 18.2. The molecule has 0 radical (unpaired) electrons. The van der Waals surface area contributed by atoms with Crippen molar-refractivity contribution in [3.8, 4) is 0 Å². The Balaban J connectivity index is 2.70. The normalized spacial score (nSPS) is 23.5. The Morgan fingerprint density at radius 3 is 1.94 bits per heavy atom. The zero-order chi connectivity index (χ0) is 23.4. The average molecular weight is 434 g/mol. The van der Waals surface area contributed by atoms with Crippen molar-refractivity contribution in [1.29, 1.82) is 0 Å². The van der Waals surface area contributed by atoms with Crippen LogP contribution in [0.4, 0.5) is 0 Å². The monoisotopic (exact) mass is 434 g/mol. The molecule has 2 aliphatic rings. The maximum Gasteiger partial charge on any atom is 0.345 e. The Morgan fingerprint density at radius 2 is 1.52 bits per heavy atom. The maximum absolute atomic E-state index is 12.7. The van der Waals surface area contributed by atoms with E-state index in [-0.39, 0.29) is 24.0 Å². The molecule has 0 aromatic heterocycles. The lowest BCUT2D eigenvalue weighted by molar-refractivity contribution is -0.169. The van der Waals surface area contributed by atoms with Gasteiger partial charge in [0.15, 0.2) is 11.0 Å². The molecule has 31 heavy (non-hydrogen) atoms. The molecule has 0 aromatic carbocycles. The fourth-order valence-electron chi connectivity index (χ4n) is 4.36. The topological polar surface area (TPSA) is 114 Å². The fraction of sp³-hybridized carbons (Fsp3) is 0.455. The van der Waals surface area contributed by atoms with E-state index in [0.717, 1.165) is 14.2 Å². The molecule has 2 rings (SSSR count). The van der Waals surface area contributed by atoms with Crippen molar-refractivity contribution in [2.24, 2.45) is 16.7 Å². The molecule has 0 aromatic rings. The lowest BCUT2D eigenvalue weighted by Gasteiger charge is -2.35. The van der Waals surface area contributed by atoms with E-state index >= 15 is 0 Å². The van der Waals surface area contributed by atoms with Crippen LogP contribution in [-0.2, 0) is 42.9 Å². The van der Waals surface area contributed by atoms with Crippen molar-refractivity contribution in [1.82, 2.24) is 0 Å². The minimum absolute atomic E-state index is 0.00866. The highest BCUT2D eigenvalue weighted by Gasteiger charge is 2.64. The van der Waals surface area contributed by atoms with E-state index in [4.69, 9.17) is 23.7 Å². The summed E-state index contributed by atoms with van der Waals surface area (Å²) >= 11 is 0. The summed E-state index contributed by atoms with van der Waals surface area (Å²) in [5.74, 6) is -3.28. The first-order valence-electron chi connectivity index (χ1n) is 9.37. The summed E-state index contributed by atoms with van der Waals surface area (Å²) in [6.45, 7) is 3.85. The summed E-state index contributed by atoms with van der Waals surface area (Å²) in [6.07, 6.45) is 6.41. The summed E-state index contributed by atoms with van der Waals surface area (Å²) in [5.41, 5.74) is -2.64. The van der Waals surface area contributed by atoms with Gasteiger partial charge in [-0.15, -0.1) is 6.58 Å². The van der Waals surface area contributed by atoms with E-state index in [1.165, 1.54) is 33.5 Å². The summed E-state index contributed by atoms with van der Waals surface area (Å²) in [6, 6.07) is 0. The van der Waals surface area contributed by atoms with Gasteiger partial charge >= 0.3 is 23.9 Å². The molecule has 0 saturated heterocycles. The van der Waals surface area contributed by atoms with Gasteiger partial charge in [0.1, 0.15) is 5.76 Å². The number of ether oxygens (including phenoxy) is 5. The third kappa shape index (κ3) is 3.75. The molecule has 1 saturated carbocycles. The number of carbonyl (C=O) groups is 4. The van der Waals surface area contributed by atoms with Crippen molar-refractivity contribution in [3.63, 3.8) is 0 Å². The molecule has 1 unspecified atom stereocenters. The number of rotatable bonds is 6. The molecular weight excluding hydrogens is 408 g/mol. The first-order chi connectivity index (χ1) is 14.7. The molecule has 0 aliphatic heterocycles. The lowest BCUT2D eigenvalue weighted by Crippen LogP contribution is -2.40. The Morgan fingerprint density at radius 1 is 0.968 bits per heavy atom. The molecule has 2 atom stereocenters. The average Bonchev–Trinajstić information content (AvgIpc) is 3.14. The minimum atomic E-state index is -1.57. The van der Waals surface area contributed by atoms with Crippen LogP contribution in [0.2, 0.25) is 0 Å². The van der Waals surface area contributed by atoms with Gasteiger partial charge in [0.05, 0.1) is 41.0 Å². The van der Waals surface area contributed by atoms with Gasteiger partial charge in [-0.2, -0.15) is 0 Å².